The smallest absolute Gasteiger partial charge is 0.121 e. The van der Waals surface area contributed by atoms with Crippen molar-refractivity contribution in [1.29, 1.82) is 0 Å². The van der Waals surface area contributed by atoms with Gasteiger partial charge in [-0.3, -0.25) is 0 Å². The maximum atomic E-state index is 10.0. The lowest BCUT2D eigenvalue weighted by Crippen LogP contribution is -2.08. The molecular weight excluding hydrogens is 302 g/mol. The lowest BCUT2D eigenvalue weighted by molar-refractivity contribution is 0.465. The van der Waals surface area contributed by atoms with Crippen molar-refractivity contribution < 1.29 is 5.11 Å². The number of nitrogens with one attached hydrogen (secondary N) is 1. The fourth-order valence-electron chi connectivity index (χ4n) is 2.12. The molecule has 1 unspecified atom stereocenters. The summed E-state index contributed by atoms with van der Waals surface area (Å²) in [6, 6.07) is 12.0. The maximum absolute atomic E-state index is 10.0. The first-order valence-corrected chi connectivity index (χ1v) is 7.09. The third kappa shape index (κ3) is 3.29. The minimum Gasteiger partial charge on any atom is -0.508 e. The number of benzene rings is 2. The fourth-order valence-corrected chi connectivity index (χ4v) is 2.60. The van der Waals surface area contributed by atoms with Crippen LogP contribution in [-0.2, 0) is 0 Å². The Hall–Kier alpha value is -1.48. The van der Waals surface area contributed by atoms with Crippen LogP contribution in [0.3, 0.4) is 0 Å². The molecule has 0 fully saturated rings. The van der Waals surface area contributed by atoms with Crippen LogP contribution in [0.15, 0.2) is 40.9 Å². The standard InChI is InChI=1S/C16H18BrNO/c1-10-4-6-14(16(19)8-10)12(3)18-15-7-5-13(17)9-11(15)2/h4-9,12,18-19H,1-3H3. The van der Waals surface area contributed by atoms with E-state index in [0.29, 0.717) is 5.75 Å². The van der Waals surface area contributed by atoms with Crippen molar-refractivity contribution >= 4 is 21.6 Å². The molecule has 2 rings (SSSR count). The molecule has 0 aromatic heterocycles. The number of aromatic hydroxyl groups is 1. The van der Waals surface area contributed by atoms with Crippen molar-refractivity contribution in [3.8, 4) is 5.75 Å². The molecule has 2 aromatic rings. The molecule has 2 aromatic carbocycles. The zero-order valence-corrected chi connectivity index (χ0v) is 13.0. The minimum atomic E-state index is 0.0560. The quantitative estimate of drug-likeness (QED) is 0.839. The van der Waals surface area contributed by atoms with Crippen LogP contribution in [0.5, 0.6) is 5.75 Å². The minimum absolute atomic E-state index is 0.0560. The normalized spacial score (nSPS) is 12.2. The van der Waals surface area contributed by atoms with Gasteiger partial charge >= 0.3 is 0 Å². The first-order chi connectivity index (χ1) is 8.97. The van der Waals surface area contributed by atoms with Gasteiger partial charge in [0, 0.05) is 15.7 Å². The van der Waals surface area contributed by atoms with E-state index in [-0.39, 0.29) is 6.04 Å². The molecule has 0 aliphatic carbocycles. The Morgan fingerprint density at radius 1 is 1.11 bits per heavy atom. The molecule has 0 heterocycles. The molecule has 0 bridgehead atoms. The number of halogens is 1. The van der Waals surface area contributed by atoms with E-state index in [4.69, 9.17) is 0 Å². The van der Waals surface area contributed by atoms with Gasteiger partial charge in [-0.15, -0.1) is 0 Å². The van der Waals surface area contributed by atoms with E-state index in [0.717, 1.165) is 21.3 Å². The van der Waals surface area contributed by atoms with Gasteiger partial charge in [-0.05, 0) is 56.2 Å². The Morgan fingerprint density at radius 2 is 1.84 bits per heavy atom. The average Bonchev–Trinajstić information content (AvgIpc) is 2.32. The van der Waals surface area contributed by atoms with E-state index in [2.05, 4.69) is 34.2 Å². The molecule has 0 aliphatic rings. The number of phenolic OH excluding ortho intramolecular Hbond substituents is 1. The van der Waals surface area contributed by atoms with Crippen LogP contribution in [0.1, 0.15) is 29.7 Å². The number of rotatable bonds is 3. The second-order valence-electron chi connectivity index (χ2n) is 4.89. The third-order valence-electron chi connectivity index (χ3n) is 3.21. The van der Waals surface area contributed by atoms with Crippen LogP contribution >= 0.6 is 15.9 Å². The number of aryl methyl sites for hydroxylation is 2. The summed E-state index contributed by atoms with van der Waals surface area (Å²) in [5.74, 6) is 0.342. The van der Waals surface area contributed by atoms with E-state index < -0.39 is 0 Å². The Labute approximate surface area is 122 Å². The summed E-state index contributed by atoms with van der Waals surface area (Å²) in [5.41, 5.74) is 4.23. The summed E-state index contributed by atoms with van der Waals surface area (Å²) in [6.45, 7) is 6.08. The molecule has 2 nitrogen and oxygen atoms in total. The van der Waals surface area contributed by atoms with Crippen molar-refractivity contribution in [1.82, 2.24) is 0 Å². The lowest BCUT2D eigenvalue weighted by atomic mass is 10.0. The van der Waals surface area contributed by atoms with Crippen molar-refractivity contribution in [2.45, 2.75) is 26.8 Å². The topological polar surface area (TPSA) is 32.3 Å². The van der Waals surface area contributed by atoms with Gasteiger partial charge < -0.3 is 10.4 Å². The summed E-state index contributed by atoms with van der Waals surface area (Å²) >= 11 is 3.46. The molecule has 2 N–H and O–H groups in total. The zero-order chi connectivity index (χ0) is 14.0. The summed E-state index contributed by atoms with van der Waals surface area (Å²) in [4.78, 5) is 0. The van der Waals surface area contributed by atoms with Crippen LogP contribution < -0.4 is 5.32 Å². The second kappa shape index (κ2) is 5.66. The highest BCUT2D eigenvalue weighted by atomic mass is 79.9. The number of hydrogen-bond acceptors (Lipinski definition) is 2. The SMILES string of the molecule is Cc1ccc(C(C)Nc2ccc(Br)cc2C)c(O)c1. The summed E-state index contributed by atoms with van der Waals surface area (Å²) in [6.07, 6.45) is 0. The fraction of sp³-hybridized carbons (Fsp3) is 0.250. The Balaban J connectivity index is 2.23. The highest BCUT2D eigenvalue weighted by Gasteiger charge is 2.11. The van der Waals surface area contributed by atoms with Gasteiger partial charge in [0.05, 0.1) is 6.04 Å². The third-order valence-corrected chi connectivity index (χ3v) is 3.71. The van der Waals surface area contributed by atoms with Crippen LogP contribution in [0.25, 0.3) is 0 Å². The molecule has 0 radical (unpaired) electrons. The highest BCUT2D eigenvalue weighted by molar-refractivity contribution is 9.10. The van der Waals surface area contributed by atoms with Crippen molar-refractivity contribution in [2.24, 2.45) is 0 Å². The van der Waals surface area contributed by atoms with Crippen molar-refractivity contribution in [3.63, 3.8) is 0 Å². The average molecular weight is 320 g/mol. The summed E-state index contributed by atoms with van der Waals surface area (Å²) < 4.78 is 1.07. The maximum Gasteiger partial charge on any atom is 0.121 e. The van der Waals surface area contributed by atoms with Crippen molar-refractivity contribution in [2.75, 3.05) is 5.32 Å². The summed E-state index contributed by atoms with van der Waals surface area (Å²) in [5, 5.41) is 13.4. The highest BCUT2D eigenvalue weighted by Crippen LogP contribution is 2.29. The van der Waals surface area contributed by atoms with Gasteiger partial charge in [-0.2, -0.15) is 0 Å². The number of hydrogen-bond donors (Lipinski definition) is 2. The van der Waals surface area contributed by atoms with E-state index in [1.807, 2.05) is 38.1 Å². The monoisotopic (exact) mass is 319 g/mol. The predicted octanol–water partition coefficient (Wildman–Crippen LogP) is 4.94. The first kappa shape index (κ1) is 13.9. The Kier molecular flexibility index (Phi) is 4.15. The van der Waals surface area contributed by atoms with E-state index in [1.54, 1.807) is 6.07 Å². The Bertz CT molecular complexity index is 595. The van der Waals surface area contributed by atoms with Crippen molar-refractivity contribution in [3.05, 3.63) is 57.6 Å². The van der Waals surface area contributed by atoms with Crippen LogP contribution in [0.4, 0.5) is 5.69 Å². The first-order valence-electron chi connectivity index (χ1n) is 6.29. The van der Waals surface area contributed by atoms with Gasteiger partial charge in [0.2, 0.25) is 0 Å². The van der Waals surface area contributed by atoms with Gasteiger partial charge in [-0.1, -0.05) is 28.1 Å². The van der Waals surface area contributed by atoms with E-state index in [1.165, 1.54) is 5.56 Å². The van der Waals surface area contributed by atoms with Gasteiger partial charge in [0.25, 0.3) is 0 Å². The predicted molar refractivity (Wildman–Crippen MR) is 83.8 cm³/mol. The summed E-state index contributed by atoms with van der Waals surface area (Å²) in [7, 11) is 0. The molecule has 3 heteroatoms. The zero-order valence-electron chi connectivity index (χ0n) is 11.4. The molecular formula is C16H18BrNO. The molecule has 0 amide bonds. The molecule has 100 valence electrons. The van der Waals surface area contributed by atoms with Crippen LogP contribution in [0.2, 0.25) is 0 Å². The van der Waals surface area contributed by atoms with E-state index in [9.17, 15) is 5.11 Å². The van der Waals surface area contributed by atoms with Gasteiger partial charge in [0.1, 0.15) is 5.75 Å². The number of anilines is 1. The largest absolute Gasteiger partial charge is 0.508 e. The van der Waals surface area contributed by atoms with Crippen LogP contribution in [-0.4, -0.2) is 5.11 Å². The molecule has 0 saturated heterocycles. The molecule has 0 saturated carbocycles. The van der Waals surface area contributed by atoms with Gasteiger partial charge in [0.15, 0.2) is 0 Å². The van der Waals surface area contributed by atoms with Crippen LogP contribution in [0, 0.1) is 13.8 Å². The molecule has 0 spiro atoms. The number of phenols is 1. The van der Waals surface area contributed by atoms with Gasteiger partial charge in [-0.25, -0.2) is 0 Å². The molecule has 19 heavy (non-hydrogen) atoms. The lowest BCUT2D eigenvalue weighted by Gasteiger charge is -2.19. The van der Waals surface area contributed by atoms with E-state index >= 15 is 0 Å². The Morgan fingerprint density at radius 3 is 2.47 bits per heavy atom. The second-order valence-corrected chi connectivity index (χ2v) is 5.80. The molecule has 1 atom stereocenters. The molecule has 0 aliphatic heterocycles.